The van der Waals surface area contributed by atoms with E-state index >= 15 is 0 Å². The molecule has 2 fully saturated rings. The first-order valence-corrected chi connectivity index (χ1v) is 8.30. The lowest BCUT2D eigenvalue weighted by molar-refractivity contribution is -0.117. The third-order valence-electron chi connectivity index (χ3n) is 4.33. The summed E-state index contributed by atoms with van der Waals surface area (Å²) in [6, 6.07) is 8.63. The van der Waals surface area contributed by atoms with E-state index in [0.29, 0.717) is 12.3 Å². The molecule has 1 aliphatic carbocycles. The predicted octanol–water partition coefficient (Wildman–Crippen LogP) is 3.65. The molecule has 0 radical (unpaired) electrons. The molecule has 0 aromatic heterocycles. The molecule has 1 aromatic rings. The Kier molecular flexibility index (Phi) is 4.41. The van der Waals surface area contributed by atoms with Gasteiger partial charge in [-0.1, -0.05) is 12.1 Å². The van der Waals surface area contributed by atoms with Gasteiger partial charge in [-0.3, -0.25) is 4.79 Å². The molecule has 1 aromatic carbocycles. The van der Waals surface area contributed by atoms with Crippen LogP contribution in [-0.4, -0.2) is 29.9 Å². The molecule has 1 heterocycles. The van der Waals surface area contributed by atoms with Crippen molar-refractivity contribution < 1.29 is 4.79 Å². The molecule has 1 saturated carbocycles. The van der Waals surface area contributed by atoms with Gasteiger partial charge in [0.1, 0.15) is 0 Å². The van der Waals surface area contributed by atoms with E-state index < -0.39 is 0 Å². The number of anilines is 1. The SMILES string of the molecule is O=C(CC1CCN(C2CC2)CC1)Nc1ccccc1Br. The third kappa shape index (κ3) is 3.61. The van der Waals surface area contributed by atoms with Crippen LogP contribution in [0.3, 0.4) is 0 Å². The Morgan fingerprint density at radius 3 is 2.55 bits per heavy atom. The molecule has 1 saturated heterocycles. The maximum Gasteiger partial charge on any atom is 0.224 e. The van der Waals surface area contributed by atoms with Crippen LogP contribution in [0.2, 0.25) is 0 Å². The van der Waals surface area contributed by atoms with Gasteiger partial charge < -0.3 is 10.2 Å². The van der Waals surface area contributed by atoms with Gasteiger partial charge in [0.15, 0.2) is 0 Å². The Labute approximate surface area is 128 Å². The minimum absolute atomic E-state index is 0.141. The van der Waals surface area contributed by atoms with Crippen molar-refractivity contribution >= 4 is 27.5 Å². The summed E-state index contributed by atoms with van der Waals surface area (Å²) in [4.78, 5) is 14.7. The largest absolute Gasteiger partial charge is 0.325 e. The number of halogens is 1. The van der Waals surface area contributed by atoms with Crippen molar-refractivity contribution in [3.8, 4) is 0 Å². The lowest BCUT2D eigenvalue weighted by Gasteiger charge is -2.31. The molecule has 4 heteroatoms. The van der Waals surface area contributed by atoms with E-state index in [9.17, 15) is 4.79 Å². The van der Waals surface area contributed by atoms with Gasteiger partial charge in [-0.15, -0.1) is 0 Å². The van der Waals surface area contributed by atoms with Gasteiger partial charge in [0, 0.05) is 16.9 Å². The lowest BCUT2D eigenvalue weighted by atomic mass is 9.93. The van der Waals surface area contributed by atoms with Crippen LogP contribution in [0.4, 0.5) is 5.69 Å². The van der Waals surface area contributed by atoms with Crippen LogP contribution in [0.5, 0.6) is 0 Å². The maximum absolute atomic E-state index is 12.1. The molecule has 0 spiro atoms. The number of hydrogen-bond donors (Lipinski definition) is 1. The Bertz CT molecular complexity index is 479. The van der Waals surface area contributed by atoms with Crippen molar-refractivity contribution in [3.63, 3.8) is 0 Å². The molecule has 20 heavy (non-hydrogen) atoms. The number of benzene rings is 1. The lowest BCUT2D eigenvalue weighted by Crippen LogP contribution is -2.36. The molecule has 3 nitrogen and oxygen atoms in total. The van der Waals surface area contributed by atoms with Gasteiger partial charge in [-0.25, -0.2) is 0 Å². The first-order valence-electron chi connectivity index (χ1n) is 7.51. The molecule has 108 valence electrons. The van der Waals surface area contributed by atoms with Gasteiger partial charge in [-0.2, -0.15) is 0 Å². The number of amides is 1. The monoisotopic (exact) mass is 336 g/mol. The molecule has 1 N–H and O–H groups in total. The van der Waals surface area contributed by atoms with E-state index in [2.05, 4.69) is 26.1 Å². The summed E-state index contributed by atoms with van der Waals surface area (Å²) in [5.74, 6) is 0.689. The summed E-state index contributed by atoms with van der Waals surface area (Å²) in [6.07, 6.45) is 5.75. The van der Waals surface area contributed by atoms with E-state index in [-0.39, 0.29) is 5.91 Å². The highest BCUT2D eigenvalue weighted by molar-refractivity contribution is 9.10. The summed E-state index contributed by atoms with van der Waals surface area (Å²) in [5, 5.41) is 3.00. The molecular weight excluding hydrogens is 316 g/mol. The quantitative estimate of drug-likeness (QED) is 0.910. The van der Waals surface area contributed by atoms with Crippen molar-refractivity contribution in [2.24, 2.45) is 5.92 Å². The smallest absolute Gasteiger partial charge is 0.224 e. The fourth-order valence-corrected chi connectivity index (χ4v) is 3.37. The molecule has 1 amide bonds. The van der Waals surface area contributed by atoms with Crippen LogP contribution in [0, 0.1) is 5.92 Å². The van der Waals surface area contributed by atoms with Crippen LogP contribution in [0.25, 0.3) is 0 Å². The second-order valence-electron chi connectivity index (χ2n) is 5.94. The fourth-order valence-electron chi connectivity index (χ4n) is 2.99. The van der Waals surface area contributed by atoms with E-state index in [1.165, 1.54) is 38.8 Å². The maximum atomic E-state index is 12.1. The average Bonchev–Trinajstić information content (AvgIpc) is 3.27. The van der Waals surface area contributed by atoms with Gasteiger partial charge in [0.2, 0.25) is 5.91 Å². The summed E-state index contributed by atoms with van der Waals surface area (Å²) < 4.78 is 0.942. The van der Waals surface area contributed by atoms with Crippen molar-refractivity contribution in [1.29, 1.82) is 0 Å². The molecule has 1 aliphatic heterocycles. The van der Waals surface area contributed by atoms with E-state index in [4.69, 9.17) is 0 Å². The Morgan fingerprint density at radius 1 is 1.20 bits per heavy atom. The second-order valence-corrected chi connectivity index (χ2v) is 6.80. The van der Waals surface area contributed by atoms with Gasteiger partial charge >= 0.3 is 0 Å². The fraction of sp³-hybridized carbons (Fsp3) is 0.562. The standard InChI is InChI=1S/C16H21BrN2O/c17-14-3-1-2-4-15(14)18-16(20)11-12-7-9-19(10-8-12)13-5-6-13/h1-4,12-13H,5-11H2,(H,18,20). The Balaban J connectivity index is 1.46. The number of para-hydroxylation sites is 1. The van der Waals surface area contributed by atoms with Crippen molar-refractivity contribution in [3.05, 3.63) is 28.7 Å². The molecule has 0 bridgehead atoms. The van der Waals surface area contributed by atoms with Crippen LogP contribution in [-0.2, 0) is 4.79 Å². The Morgan fingerprint density at radius 2 is 1.90 bits per heavy atom. The zero-order valence-electron chi connectivity index (χ0n) is 11.6. The van der Waals surface area contributed by atoms with Gasteiger partial charge in [-0.05, 0) is 72.8 Å². The first-order chi connectivity index (χ1) is 9.72. The molecule has 0 unspecified atom stereocenters. The van der Waals surface area contributed by atoms with Crippen molar-refractivity contribution in [2.75, 3.05) is 18.4 Å². The minimum Gasteiger partial charge on any atom is -0.325 e. The predicted molar refractivity (Wildman–Crippen MR) is 84.7 cm³/mol. The topological polar surface area (TPSA) is 32.3 Å². The van der Waals surface area contributed by atoms with Gasteiger partial charge in [0.05, 0.1) is 5.69 Å². The first kappa shape index (κ1) is 14.1. The third-order valence-corrected chi connectivity index (χ3v) is 5.03. The zero-order chi connectivity index (χ0) is 13.9. The number of nitrogens with zero attached hydrogens (tertiary/aromatic N) is 1. The number of nitrogens with one attached hydrogen (secondary N) is 1. The molecular formula is C16H21BrN2O. The number of piperidine rings is 1. The van der Waals surface area contributed by atoms with Crippen LogP contribution in [0.1, 0.15) is 32.1 Å². The zero-order valence-corrected chi connectivity index (χ0v) is 13.2. The van der Waals surface area contributed by atoms with Crippen molar-refractivity contribution in [1.82, 2.24) is 4.90 Å². The number of rotatable bonds is 4. The van der Waals surface area contributed by atoms with Crippen LogP contribution < -0.4 is 5.32 Å². The molecule has 3 rings (SSSR count). The van der Waals surface area contributed by atoms with Crippen LogP contribution in [0.15, 0.2) is 28.7 Å². The minimum atomic E-state index is 0.141. The average molecular weight is 337 g/mol. The van der Waals surface area contributed by atoms with Crippen molar-refractivity contribution in [2.45, 2.75) is 38.1 Å². The highest BCUT2D eigenvalue weighted by Gasteiger charge is 2.32. The summed E-state index contributed by atoms with van der Waals surface area (Å²) in [5.41, 5.74) is 0.868. The van der Waals surface area contributed by atoms with Gasteiger partial charge in [0.25, 0.3) is 0 Å². The summed E-state index contributed by atoms with van der Waals surface area (Å²) in [6.45, 7) is 2.36. The highest BCUT2D eigenvalue weighted by atomic mass is 79.9. The van der Waals surface area contributed by atoms with Crippen LogP contribution >= 0.6 is 15.9 Å². The number of carbonyl (C=O) groups excluding carboxylic acids is 1. The normalized spacial score (nSPS) is 20.9. The highest BCUT2D eigenvalue weighted by Crippen LogP contribution is 2.32. The summed E-state index contributed by atoms with van der Waals surface area (Å²) >= 11 is 3.46. The van der Waals surface area contributed by atoms with E-state index in [1.54, 1.807) is 0 Å². The van der Waals surface area contributed by atoms with E-state index in [0.717, 1.165) is 16.2 Å². The molecule has 0 atom stereocenters. The Hall–Kier alpha value is -0.870. The molecule has 2 aliphatic rings. The summed E-state index contributed by atoms with van der Waals surface area (Å²) in [7, 11) is 0. The second kappa shape index (κ2) is 6.27. The number of likely N-dealkylation sites (tertiary alicyclic amines) is 1. The van der Waals surface area contributed by atoms with E-state index in [1.807, 2.05) is 24.3 Å². The number of hydrogen-bond acceptors (Lipinski definition) is 2. The number of carbonyl (C=O) groups is 1.